The molecule has 0 nitrogen and oxygen atoms in total. The number of rotatable bonds is 4. The topological polar surface area (TPSA) is 0 Å². The molecule has 0 aliphatic heterocycles. The summed E-state index contributed by atoms with van der Waals surface area (Å²) in [5.74, 6) is 1.71. The summed E-state index contributed by atoms with van der Waals surface area (Å²) >= 11 is 0. The largest absolute Gasteiger partial charge is 0.0996 e. The summed E-state index contributed by atoms with van der Waals surface area (Å²) in [5.41, 5.74) is 1.45. The van der Waals surface area contributed by atoms with E-state index in [4.69, 9.17) is 0 Å². The van der Waals surface area contributed by atoms with E-state index in [9.17, 15) is 0 Å². The molecule has 12 heavy (non-hydrogen) atoms. The van der Waals surface area contributed by atoms with E-state index in [1.807, 2.05) is 0 Å². The molecule has 1 rings (SSSR count). The number of hydrogen-bond donors (Lipinski definition) is 0. The second-order valence-electron chi connectivity index (χ2n) is 4.50. The maximum atomic E-state index is 4.12. The van der Waals surface area contributed by atoms with Gasteiger partial charge in [0.2, 0.25) is 0 Å². The molecule has 0 amide bonds. The second-order valence-corrected chi connectivity index (χ2v) is 4.50. The first-order valence-corrected chi connectivity index (χ1v) is 5.38. The molecule has 0 aromatic heterocycles. The van der Waals surface area contributed by atoms with Gasteiger partial charge in [0, 0.05) is 0 Å². The quantitative estimate of drug-likeness (QED) is 0.550. The summed E-state index contributed by atoms with van der Waals surface area (Å²) < 4.78 is 0. The van der Waals surface area contributed by atoms with Crippen LogP contribution in [-0.4, -0.2) is 0 Å². The van der Waals surface area contributed by atoms with Gasteiger partial charge < -0.3 is 0 Å². The minimum Gasteiger partial charge on any atom is -0.0996 e. The fraction of sp³-hybridized carbons (Fsp3) is 0.833. The van der Waals surface area contributed by atoms with E-state index in [0.29, 0.717) is 5.92 Å². The smallest absolute Gasteiger partial charge is 0.0263 e. The van der Waals surface area contributed by atoms with Crippen LogP contribution in [0, 0.1) is 11.8 Å². The molecule has 1 fully saturated rings. The fourth-order valence-corrected chi connectivity index (χ4v) is 1.98. The predicted octanol–water partition coefficient (Wildman–Crippen LogP) is 4.17. The Labute approximate surface area is 77.1 Å². The van der Waals surface area contributed by atoms with Crippen LogP contribution in [0.15, 0.2) is 12.2 Å². The van der Waals surface area contributed by atoms with E-state index >= 15 is 0 Å². The average molecular weight is 166 g/mol. The normalized spacial score (nSPS) is 18.9. The Bertz CT molecular complexity index is 138. The van der Waals surface area contributed by atoms with Gasteiger partial charge in [-0.25, -0.2) is 0 Å². The van der Waals surface area contributed by atoms with Gasteiger partial charge in [-0.3, -0.25) is 0 Å². The molecule has 70 valence electrons. The number of allylic oxidation sites excluding steroid dienone is 1. The SMILES string of the molecule is C=C(CCC1CCCC1)C(C)C. The van der Waals surface area contributed by atoms with Gasteiger partial charge in [0.05, 0.1) is 0 Å². The molecule has 0 atom stereocenters. The molecule has 1 aliphatic rings. The van der Waals surface area contributed by atoms with Crippen LogP contribution in [-0.2, 0) is 0 Å². The van der Waals surface area contributed by atoms with Crippen molar-refractivity contribution in [2.75, 3.05) is 0 Å². The highest BCUT2D eigenvalue weighted by molar-refractivity contribution is 4.97. The van der Waals surface area contributed by atoms with Gasteiger partial charge in [0.25, 0.3) is 0 Å². The van der Waals surface area contributed by atoms with Gasteiger partial charge in [-0.1, -0.05) is 51.7 Å². The highest BCUT2D eigenvalue weighted by Gasteiger charge is 2.14. The summed E-state index contributed by atoms with van der Waals surface area (Å²) in [5, 5.41) is 0. The van der Waals surface area contributed by atoms with E-state index in [-0.39, 0.29) is 0 Å². The van der Waals surface area contributed by atoms with E-state index in [1.165, 1.54) is 44.1 Å². The lowest BCUT2D eigenvalue weighted by Crippen LogP contribution is -1.97. The van der Waals surface area contributed by atoms with Gasteiger partial charge in [0.15, 0.2) is 0 Å². The lowest BCUT2D eigenvalue weighted by Gasteiger charge is -2.12. The van der Waals surface area contributed by atoms with E-state index in [0.717, 1.165) is 5.92 Å². The molecule has 0 heterocycles. The first-order chi connectivity index (χ1) is 5.70. The fourth-order valence-electron chi connectivity index (χ4n) is 1.98. The Balaban J connectivity index is 2.12. The van der Waals surface area contributed by atoms with Gasteiger partial charge in [0.1, 0.15) is 0 Å². The van der Waals surface area contributed by atoms with Crippen molar-refractivity contribution in [3.05, 3.63) is 12.2 Å². The zero-order chi connectivity index (χ0) is 8.97. The third kappa shape index (κ3) is 3.00. The van der Waals surface area contributed by atoms with Crippen LogP contribution >= 0.6 is 0 Å². The highest BCUT2D eigenvalue weighted by atomic mass is 14.2. The highest BCUT2D eigenvalue weighted by Crippen LogP contribution is 2.30. The van der Waals surface area contributed by atoms with Crippen LogP contribution in [0.5, 0.6) is 0 Å². The average Bonchev–Trinajstić information content (AvgIpc) is 2.51. The maximum absolute atomic E-state index is 4.12. The Morgan fingerprint density at radius 1 is 1.33 bits per heavy atom. The van der Waals surface area contributed by atoms with Gasteiger partial charge in [-0.05, 0) is 24.7 Å². The first-order valence-electron chi connectivity index (χ1n) is 5.38. The molecule has 0 radical (unpaired) electrons. The van der Waals surface area contributed by atoms with Crippen molar-refractivity contribution < 1.29 is 0 Å². The van der Waals surface area contributed by atoms with Crippen molar-refractivity contribution in [1.29, 1.82) is 0 Å². The summed E-state index contributed by atoms with van der Waals surface area (Å²) in [6, 6.07) is 0. The molecule has 0 spiro atoms. The molecule has 0 heteroatoms. The minimum atomic E-state index is 0.686. The van der Waals surface area contributed by atoms with E-state index in [2.05, 4.69) is 20.4 Å². The second kappa shape index (κ2) is 4.69. The molecule has 0 bridgehead atoms. The molecule has 0 unspecified atom stereocenters. The van der Waals surface area contributed by atoms with Crippen LogP contribution in [0.4, 0.5) is 0 Å². The Morgan fingerprint density at radius 3 is 2.42 bits per heavy atom. The van der Waals surface area contributed by atoms with Crippen molar-refractivity contribution in [3.8, 4) is 0 Å². The molecule has 0 aromatic carbocycles. The summed E-state index contributed by atoms with van der Waals surface area (Å²) in [7, 11) is 0. The lowest BCUT2D eigenvalue weighted by atomic mass is 9.94. The van der Waals surface area contributed by atoms with E-state index < -0.39 is 0 Å². The molecular weight excluding hydrogens is 144 g/mol. The molecule has 0 saturated heterocycles. The molecular formula is C12H22. The summed E-state index contributed by atoms with van der Waals surface area (Å²) in [6.07, 6.45) is 8.56. The predicted molar refractivity (Wildman–Crippen MR) is 55.2 cm³/mol. The molecule has 0 aromatic rings. The minimum absolute atomic E-state index is 0.686. The number of hydrogen-bond acceptors (Lipinski definition) is 0. The van der Waals surface area contributed by atoms with Crippen LogP contribution in [0.2, 0.25) is 0 Å². The third-order valence-corrected chi connectivity index (χ3v) is 3.16. The maximum Gasteiger partial charge on any atom is -0.0263 e. The van der Waals surface area contributed by atoms with Gasteiger partial charge in [-0.15, -0.1) is 0 Å². The van der Waals surface area contributed by atoms with Crippen LogP contribution < -0.4 is 0 Å². The van der Waals surface area contributed by atoms with Crippen LogP contribution in [0.25, 0.3) is 0 Å². The van der Waals surface area contributed by atoms with E-state index in [1.54, 1.807) is 0 Å². The van der Waals surface area contributed by atoms with Crippen molar-refractivity contribution in [1.82, 2.24) is 0 Å². The Hall–Kier alpha value is -0.260. The van der Waals surface area contributed by atoms with Gasteiger partial charge in [-0.2, -0.15) is 0 Å². The monoisotopic (exact) mass is 166 g/mol. The van der Waals surface area contributed by atoms with Crippen molar-refractivity contribution in [2.24, 2.45) is 11.8 Å². The standard InChI is InChI=1S/C12H22/c1-10(2)11(3)8-9-12-6-4-5-7-12/h10,12H,3-9H2,1-2H3. The molecule has 0 N–H and O–H groups in total. The third-order valence-electron chi connectivity index (χ3n) is 3.16. The molecule has 1 aliphatic carbocycles. The van der Waals surface area contributed by atoms with Crippen molar-refractivity contribution >= 4 is 0 Å². The lowest BCUT2D eigenvalue weighted by molar-refractivity contribution is 0.491. The summed E-state index contributed by atoms with van der Waals surface area (Å²) in [4.78, 5) is 0. The Morgan fingerprint density at radius 2 is 1.92 bits per heavy atom. The van der Waals surface area contributed by atoms with Crippen molar-refractivity contribution in [2.45, 2.75) is 52.4 Å². The van der Waals surface area contributed by atoms with Crippen molar-refractivity contribution in [3.63, 3.8) is 0 Å². The van der Waals surface area contributed by atoms with Gasteiger partial charge >= 0.3 is 0 Å². The van der Waals surface area contributed by atoms with Crippen LogP contribution in [0.1, 0.15) is 52.4 Å². The zero-order valence-corrected chi connectivity index (χ0v) is 8.60. The summed E-state index contributed by atoms with van der Waals surface area (Å²) in [6.45, 7) is 8.61. The van der Waals surface area contributed by atoms with Crippen LogP contribution in [0.3, 0.4) is 0 Å². The zero-order valence-electron chi connectivity index (χ0n) is 8.60. The Kier molecular flexibility index (Phi) is 3.84. The first kappa shape index (κ1) is 9.83. The molecule has 1 saturated carbocycles.